The highest BCUT2D eigenvalue weighted by molar-refractivity contribution is 5.77. The second-order valence-corrected chi connectivity index (χ2v) is 5.26. The fourth-order valence-electron chi connectivity index (χ4n) is 1.94. The normalized spacial score (nSPS) is 16.7. The largest absolute Gasteiger partial charge is 0.508 e. The summed E-state index contributed by atoms with van der Waals surface area (Å²) in [5.41, 5.74) is 0.689. The lowest BCUT2D eigenvalue weighted by atomic mass is 10.0. The summed E-state index contributed by atoms with van der Waals surface area (Å²) in [4.78, 5) is 13.5. The highest BCUT2D eigenvalue weighted by atomic mass is 16.5. The second kappa shape index (κ2) is 5.59. The van der Waals surface area contributed by atoms with E-state index >= 15 is 0 Å². The van der Waals surface area contributed by atoms with Crippen LogP contribution in [0.2, 0.25) is 0 Å². The Morgan fingerprint density at radius 1 is 1.53 bits per heavy atom. The van der Waals surface area contributed by atoms with Gasteiger partial charge in [0.15, 0.2) is 0 Å². The summed E-state index contributed by atoms with van der Waals surface area (Å²) in [7, 11) is 1.73. The minimum Gasteiger partial charge on any atom is -0.508 e. The molecular weight excluding hydrogens is 244 g/mol. The van der Waals surface area contributed by atoms with Crippen LogP contribution in [0, 0.1) is 0 Å². The predicted octanol–water partition coefficient (Wildman–Crippen LogP) is 0.729. The van der Waals surface area contributed by atoms with Gasteiger partial charge in [0, 0.05) is 26.7 Å². The fourth-order valence-corrected chi connectivity index (χ4v) is 1.94. The summed E-state index contributed by atoms with van der Waals surface area (Å²) in [6, 6.07) is 6.91. The van der Waals surface area contributed by atoms with Gasteiger partial charge in [0.25, 0.3) is 0 Å². The number of nitrogens with one attached hydrogen (secondary N) is 1. The first-order chi connectivity index (χ1) is 8.98. The van der Waals surface area contributed by atoms with E-state index in [0.29, 0.717) is 6.54 Å². The molecule has 0 bridgehead atoms. The number of nitrogens with zero attached hydrogens (tertiary/aromatic N) is 1. The Hall–Kier alpha value is -1.59. The molecule has 2 rings (SSSR count). The first kappa shape index (κ1) is 13.8. The van der Waals surface area contributed by atoms with E-state index in [4.69, 9.17) is 4.74 Å². The van der Waals surface area contributed by atoms with Crippen LogP contribution in [0.1, 0.15) is 12.5 Å². The lowest BCUT2D eigenvalue weighted by molar-refractivity contribution is -0.145. The van der Waals surface area contributed by atoms with E-state index in [2.05, 4.69) is 5.32 Å². The van der Waals surface area contributed by atoms with E-state index in [9.17, 15) is 9.90 Å². The van der Waals surface area contributed by atoms with Crippen molar-refractivity contribution in [3.63, 3.8) is 0 Å². The van der Waals surface area contributed by atoms with Gasteiger partial charge in [-0.25, -0.2) is 0 Å². The SMILES string of the molecule is CN(Cc1cccc(O)c1)C(=O)COC1(C)CNC1. The summed E-state index contributed by atoms with van der Waals surface area (Å²) < 4.78 is 5.61. The van der Waals surface area contributed by atoms with Gasteiger partial charge in [-0.3, -0.25) is 4.79 Å². The second-order valence-electron chi connectivity index (χ2n) is 5.26. The molecular formula is C14H20N2O3. The average Bonchev–Trinajstić information content (AvgIpc) is 2.33. The molecule has 104 valence electrons. The number of ether oxygens (including phenoxy) is 1. The Morgan fingerprint density at radius 3 is 2.84 bits per heavy atom. The number of amides is 1. The molecule has 0 aromatic heterocycles. The standard InChI is InChI=1S/C14H20N2O3/c1-14(9-15-10-14)19-8-13(18)16(2)7-11-4-3-5-12(17)6-11/h3-6,15,17H,7-10H2,1-2H3. The lowest BCUT2D eigenvalue weighted by Gasteiger charge is -2.39. The summed E-state index contributed by atoms with van der Waals surface area (Å²) in [6.45, 7) is 4.12. The molecule has 0 aliphatic carbocycles. The van der Waals surface area contributed by atoms with E-state index in [1.54, 1.807) is 30.1 Å². The first-order valence-electron chi connectivity index (χ1n) is 6.35. The summed E-state index contributed by atoms with van der Waals surface area (Å²) in [6.07, 6.45) is 0. The molecule has 2 N–H and O–H groups in total. The predicted molar refractivity (Wildman–Crippen MR) is 71.8 cm³/mol. The number of hydrogen-bond acceptors (Lipinski definition) is 4. The third-order valence-electron chi connectivity index (χ3n) is 3.30. The van der Waals surface area contributed by atoms with Crippen molar-refractivity contribution in [1.29, 1.82) is 0 Å². The lowest BCUT2D eigenvalue weighted by Crippen LogP contribution is -2.59. The minimum atomic E-state index is -0.207. The van der Waals surface area contributed by atoms with Crippen LogP contribution in [0.25, 0.3) is 0 Å². The Bertz CT molecular complexity index is 458. The monoisotopic (exact) mass is 264 g/mol. The molecule has 0 spiro atoms. The average molecular weight is 264 g/mol. The molecule has 0 saturated carbocycles. The van der Waals surface area contributed by atoms with Crippen LogP contribution in [0.15, 0.2) is 24.3 Å². The highest BCUT2D eigenvalue weighted by Crippen LogP contribution is 2.16. The van der Waals surface area contributed by atoms with E-state index in [-0.39, 0.29) is 23.9 Å². The number of rotatable bonds is 5. The van der Waals surface area contributed by atoms with Gasteiger partial charge in [-0.2, -0.15) is 0 Å². The van der Waals surface area contributed by atoms with Gasteiger partial charge in [-0.15, -0.1) is 0 Å². The van der Waals surface area contributed by atoms with Crippen LogP contribution in [0.4, 0.5) is 0 Å². The number of phenols is 1. The molecule has 1 aliphatic rings. The van der Waals surface area contributed by atoms with E-state index in [1.165, 1.54) is 0 Å². The highest BCUT2D eigenvalue weighted by Gasteiger charge is 2.33. The minimum absolute atomic E-state index is 0.0588. The van der Waals surface area contributed by atoms with Crippen molar-refractivity contribution >= 4 is 5.91 Å². The number of benzene rings is 1. The van der Waals surface area contributed by atoms with Gasteiger partial charge >= 0.3 is 0 Å². The van der Waals surface area contributed by atoms with E-state index in [0.717, 1.165) is 18.7 Å². The third-order valence-corrected chi connectivity index (χ3v) is 3.30. The maximum absolute atomic E-state index is 11.9. The maximum atomic E-state index is 11.9. The molecule has 1 saturated heterocycles. The Balaban J connectivity index is 1.82. The van der Waals surface area contributed by atoms with Crippen molar-refractivity contribution in [3.05, 3.63) is 29.8 Å². The Labute approximate surface area is 113 Å². The molecule has 5 nitrogen and oxygen atoms in total. The molecule has 1 amide bonds. The molecule has 5 heteroatoms. The smallest absolute Gasteiger partial charge is 0.248 e. The zero-order valence-corrected chi connectivity index (χ0v) is 11.3. The van der Waals surface area contributed by atoms with E-state index in [1.807, 2.05) is 13.0 Å². The molecule has 0 radical (unpaired) electrons. The van der Waals surface area contributed by atoms with Crippen molar-refractivity contribution in [2.24, 2.45) is 0 Å². The fraction of sp³-hybridized carbons (Fsp3) is 0.500. The number of carbonyl (C=O) groups is 1. The van der Waals surface area contributed by atoms with Crippen molar-refractivity contribution in [3.8, 4) is 5.75 Å². The maximum Gasteiger partial charge on any atom is 0.248 e. The number of phenolic OH excluding ortho intramolecular Hbond substituents is 1. The van der Waals surface area contributed by atoms with Gasteiger partial charge in [0.2, 0.25) is 5.91 Å². The molecule has 1 aliphatic heterocycles. The van der Waals surface area contributed by atoms with E-state index < -0.39 is 0 Å². The molecule has 1 heterocycles. The Morgan fingerprint density at radius 2 is 2.26 bits per heavy atom. The quantitative estimate of drug-likeness (QED) is 0.823. The van der Waals surface area contributed by atoms with Gasteiger partial charge in [-0.05, 0) is 24.6 Å². The van der Waals surface area contributed by atoms with Crippen LogP contribution in [0.5, 0.6) is 5.75 Å². The summed E-state index contributed by atoms with van der Waals surface area (Å²) in [5, 5.41) is 12.5. The molecule has 19 heavy (non-hydrogen) atoms. The van der Waals surface area contributed by atoms with Gasteiger partial charge < -0.3 is 20.1 Å². The molecule has 1 aromatic rings. The number of likely N-dealkylation sites (N-methyl/N-ethyl adjacent to an activating group) is 1. The van der Waals surface area contributed by atoms with Gasteiger partial charge in [0.1, 0.15) is 12.4 Å². The summed E-state index contributed by atoms with van der Waals surface area (Å²) >= 11 is 0. The van der Waals surface area contributed by atoms with Crippen LogP contribution in [-0.4, -0.2) is 48.3 Å². The number of carbonyl (C=O) groups excluding carboxylic acids is 1. The molecule has 1 fully saturated rings. The Kier molecular flexibility index (Phi) is 4.07. The molecule has 1 aromatic carbocycles. The van der Waals surface area contributed by atoms with Gasteiger partial charge in [-0.1, -0.05) is 12.1 Å². The van der Waals surface area contributed by atoms with Crippen LogP contribution in [-0.2, 0) is 16.1 Å². The van der Waals surface area contributed by atoms with Crippen molar-refractivity contribution in [1.82, 2.24) is 10.2 Å². The van der Waals surface area contributed by atoms with Gasteiger partial charge in [0.05, 0.1) is 5.60 Å². The zero-order chi connectivity index (χ0) is 13.9. The number of hydrogen-bond donors (Lipinski definition) is 2. The molecule has 0 unspecified atom stereocenters. The van der Waals surface area contributed by atoms with Crippen LogP contribution in [0.3, 0.4) is 0 Å². The number of aromatic hydroxyl groups is 1. The summed E-state index contributed by atoms with van der Waals surface area (Å²) in [5.74, 6) is 0.152. The third kappa shape index (κ3) is 3.68. The topological polar surface area (TPSA) is 61.8 Å². The molecule has 0 atom stereocenters. The zero-order valence-electron chi connectivity index (χ0n) is 11.3. The van der Waals surface area contributed by atoms with Crippen LogP contribution < -0.4 is 5.32 Å². The van der Waals surface area contributed by atoms with Crippen molar-refractivity contribution < 1.29 is 14.6 Å². The van der Waals surface area contributed by atoms with Crippen molar-refractivity contribution in [2.75, 3.05) is 26.7 Å². The van der Waals surface area contributed by atoms with Crippen molar-refractivity contribution in [2.45, 2.75) is 19.1 Å². The van der Waals surface area contributed by atoms with Crippen LogP contribution >= 0.6 is 0 Å². The first-order valence-corrected chi connectivity index (χ1v) is 6.35.